The summed E-state index contributed by atoms with van der Waals surface area (Å²) >= 11 is 6.10. The molecule has 4 rings (SSSR count). The average Bonchev–Trinajstić information content (AvgIpc) is 3.15. The van der Waals surface area contributed by atoms with Crippen molar-refractivity contribution in [2.45, 2.75) is 19.6 Å². The third-order valence-electron chi connectivity index (χ3n) is 4.04. The summed E-state index contributed by atoms with van der Waals surface area (Å²) < 4.78 is 16.9. The van der Waals surface area contributed by atoms with E-state index in [0.717, 1.165) is 4.68 Å². The molecule has 0 N–H and O–H groups in total. The smallest absolute Gasteiger partial charge is 0.308 e. The average molecular weight is 388 g/mol. The fourth-order valence-electron chi connectivity index (χ4n) is 2.71. The molecule has 0 amide bonds. The summed E-state index contributed by atoms with van der Waals surface area (Å²) in [5.74, 6) is 0.540. The lowest BCUT2D eigenvalue weighted by atomic mass is 10.2. The number of hydrogen-bond donors (Lipinski definition) is 0. The maximum atomic E-state index is 12.3. The van der Waals surface area contributed by atoms with Crippen molar-refractivity contribution >= 4 is 28.5 Å². The largest absolute Gasteiger partial charge is 0.461 e. The van der Waals surface area contributed by atoms with E-state index >= 15 is 0 Å². The second-order valence-electron chi connectivity index (χ2n) is 5.86. The zero-order valence-corrected chi connectivity index (χ0v) is 14.8. The molecule has 0 saturated heterocycles. The van der Waals surface area contributed by atoms with Crippen LogP contribution in [0.15, 0.2) is 41.2 Å². The van der Waals surface area contributed by atoms with E-state index in [0.29, 0.717) is 33.0 Å². The van der Waals surface area contributed by atoms with E-state index in [-0.39, 0.29) is 31.9 Å². The number of hydrogen-bond acceptors (Lipinski definition) is 7. The lowest BCUT2D eigenvalue weighted by Gasteiger charge is -2.08. The Morgan fingerprint density at radius 3 is 3.00 bits per heavy atom. The Bertz CT molecular complexity index is 1080. The molecule has 1 aliphatic rings. The van der Waals surface area contributed by atoms with Crippen LogP contribution in [0.4, 0.5) is 0 Å². The molecule has 3 aromatic rings. The van der Waals surface area contributed by atoms with Crippen LogP contribution < -0.4 is 15.0 Å². The highest BCUT2D eigenvalue weighted by Gasteiger charge is 2.18. The first-order valence-corrected chi connectivity index (χ1v) is 8.56. The van der Waals surface area contributed by atoms with Crippen molar-refractivity contribution in [2.75, 3.05) is 6.79 Å². The predicted molar refractivity (Wildman–Crippen MR) is 95.8 cm³/mol. The van der Waals surface area contributed by atoms with Crippen LogP contribution in [0, 0.1) is 0 Å². The molecule has 2 heterocycles. The number of aryl methyl sites for hydroxylation is 1. The van der Waals surface area contributed by atoms with Crippen LogP contribution in [-0.2, 0) is 22.7 Å². The van der Waals surface area contributed by atoms with E-state index in [1.54, 1.807) is 36.4 Å². The molecule has 2 aromatic carbocycles. The van der Waals surface area contributed by atoms with E-state index in [9.17, 15) is 9.59 Å². The summed E-state index contributed by atoms with van der Waals surface area (Å²) in [6, 6.07) is 10.3. The van der Waals surface area contributed by atoms with Gasteiger partial charge in [0, 0.05) is 0 Å². The van der Waals surface area contributed by atoms with E-state index in [1.165, 1.54) is 0 Å². The molecule has 0 radical (unpaired) electrons. The van der Waals surface area contributed by atoms with E-state index in [4.69, 9.17) is 25.8 Å². The van der Waals surface area contributed by atoms with Crippen LogP contribution in [0.5, 0.6) is 11.5 Å². The zero-order valence-electron chi connectivity index (χ0n) is 14.1. The second kappa shape index (κ2) is 7.24. The van der Waals surface area contributed by atoms with Crippen molar-refractivity contribution in [3.63, 3.8) is 0 Å². The minimum Gasteiger partial charge on any atom is -0.461 e. The minimum atomic E-state index is -0.467. The van der Waals surface area contributed by atoms with Gasteiger partial charge in [0.25, 0.3) is 5.56 Å². The third-order valence-corrected chi connectivity index (χ3v) is 4.32. The molecule has 1 aromatic heterocycles. The van der Waals surface area contributed by atoms with Gasteiger partial charge in [-0.15, -0.1) is 5.10 Å². The van der Waals surface area contributed by atoms with Crippen LogP contribution in [0.1, 0.15) is 12.0 Å². The molecule has 0 spiro atoms. The van der Waals surface area contributed by atoms with Gasteiger partial charge in [-0.2, -0.15) is 0 Å². The number of carbonyl (C=O) groups excluding carboxylic acids is 1. The highest BCUT2D eigenvalue weighted by Crippen LogP contribution is 2.39. The Balaban J connectivity index is 1.37. The highest BCUT2D eigenvalue weighted by atomic mass is 35.5. The van der Waals surface area contributed by atoms with Crippen molar-refractivity contribution in [1.29, 1.82) is 0 Å². The van der Waals surface area contributed by atoms with Gasteiger partial charge in [0.1, 0.15) is 12.1 Å². The van der Waals surface area contributed by atoms with Crippen LogP contribution in [-0.4, -0.2) is 27.8 Å². The van der Waals surface area contributed by atoms with Gasteiger partial charge in [0.15, 0.2) is 11.5 Å². The van der Waals surface area contributed by atoms with Crippen molar-refractivity contribution in [2.24, 2.45) is 0 Å². The molecule has 0 atom stereocenters. The minimum absolute atomic E-state index is 0.00872. The van der Waals surface area contributed by atoms with Crippen LogP contribution in [0.25, 0.3) is 10.9 Å². The normalized spacial score (nSPS) is 12.3. The maximum absolute atomic E-state index is 12.3. The molecule has 9 heteroatoms. The van der Waals surface area contributed by atoms with Gasteiger partial charge in [-0.25, -0.2) is 4.68 Å². The number of fused-ring (bicyclic) bond motifs is 2. The van der Waals surface area contributed by atoms with Gasteiger partial charge in [-0.3, -0.25) is 9.59 Å². The number of nitrogens with zero attached hydrogens (tertiary/aromatic N) is 3. The Hall–Kier alpha value is -3.13. The van der Waals surface area contributed by atoms with Gasteiger partial charge in [0.2, 0.25) is 6.79 Å². The number of rotatable bonds is 5. The van der Waals surface area contributed by atoms with Gasteiger partial charge >= 0.3 is 5.97 Å². The number of ether oxygens (including phenoxy) is 3. The number of benzene rings is 2. The first kappa shape index (κ1) is 17.3. The van der Waals surface area contributed by atoms with E-state index < -0.39 is 5.97 Å². The highest BCUT2D eigenvalue weighted by molar-refractivity contribution is 6.32. The monoisotopic (exact) mass is 387 g/mol. The molecule has 27 heavy (non-hydrogen) atoms. The number of carbonyl (C=O) groups is 1. The molecule has 0 saturated carbocycles. The maximum Gasteiger partial charge on any atom is 0.308 e. The van der Waals surface area contributed by atoms with Crippen molar-refractivity contribution < 1.29 is 19.0 Å². The summed E-state index contributed by atoms with van der Waals surface area (Å²) in [7, 11) is 0. The summed E-state index contributed by atoms with van der Waals surface area (Å²) in [6.45, 7) is 0.227. The Morgan fingerprint density at radius 1 is 1.26 bits per heavy atom. The Morgan fingerprint density at radius 2 is 2.11 bits per heavy atom. The van der Waals surface area contributed by atoms with Gasteiger partial charge in [0.05, 0.1) is 23.4 Å². The molecule has 0 aliphatic carbocycles. The van der Waals surface area contributed by atoms with Crippen LogP contribution in [0.3, 0.4) is 0 Å². The molecule has 0 bridgehead atoms. The van der Waals surface area contributed by atoms with E-state index in [2.05, 4.69) is 10.3 Å². The molecule has 8 nitrogen and oxygen atoms in total. The van der Waals surface area contributed by atoms with Crippen molar-refractivity contribution in [1.82, 2.24) is 15.0 Å². The quantitative estimate of drug-likeness (QED) is 0.620. The summed E-state index contributed by atoms with van der Waals surface area (Å²) in [4.78, 5) is 24.3. The first-order valence-electron chi connectivity index (χ1n) is 8.18. The number of aromatic nitrogens is 3. The molecular formula is C18H14ClN3O5. The fourth-order valence-corrected chi connectivity index (χ4v) is 2.99. The van der Waals surface area contributed by atoms with Crippen molar-refractivity contribution in [3.8, 4) is 11.5 Å². The summed E-state index contributed by atoms with van der Waals surface area (Å²) in [6.07, 6.45) is -0.00872. The summed E-state index contributed by atoms with van der Waals surface area (Å²) in [5, 5.41) is 8.67. The zero-order chi connectivity index (χ0) is 18.8. The molecular weight excluding hydrogens is 374 g/mol. The summed E-state index contributed by atoms with van der Waals surface area (Å²) in [5.41, 5.74) is 0.900. The molecule has 138 valence electrons. The number of halogens is 1. The predicted octanol–water partition coefficient (Wildman–Crippen LogP) is 2.31. The topological polar surface area (TPSA) is 92.5 Å². The van der Waals surface area contributed by atoms with Gasteiger partial charge < -0.3 is 14.2 Å². The number of esters is 1. The van der Waals surface area contributed by atoms with Crippen molar-refractivity contribution in [3.05, 3.63) is 57.3 Å². The third kappa shape index (κ3) is 3.56. The molecule has 1 aliphatic heterocycles. The van der Waals surface area contributed by atoms with E-state index in [1.807, 2.05) is 0 Å². The van der Waals surface area contributed by atoms with Crippen LogP contribution in [0.2, 0.25) is 5.02 Å². The lowest BCUT2D eigenvalue weighted by molar-refractivity contribution is -0.145. The van der Waals surface area contributed by atoms with Crippen LogP contribution >= 0.6 is 11.6 Å². The first-order chi connectivity index (χ1) is 13.1. The molecule has 0 unspecified atom stereocenters. The molecule has 0 fully saturated rings. The fraction of sp³-hybridized carbons (Fsp3) is 0.222. The SMILES string of the molecule is O=C(CCn1nnc2ccccc2c1=O)OCc1cc(Cl)c2c(c1)OCO2. The second-order valence-corrected chi connectivity index (χ2v) is 6.26. The van der Waals surface area contributed by atoms with Gasteiger partial charge in [-0.1, -0.05) is 28.9 Å². The lowest BCUT2D eigenvalue weighted by Crippen LogP contribution is -2.25. The van der Waals surface area contributed by atoms with Gasteiger partial charge in [-0.05, 0) is 29.8 Å². The Labute approximate surface area is 158 Å². The Kier molecular flexibility index (Phi) is 4.64. The standard InChI is InChI=1S/C18H14ClN3O5/c19-13-7-11(8-15-17(13)27-10-26-15)9-25-16(23)5-6-22-18(24)12-3-1-2-4-14(12)20-21-22/h1-4,7-8H,5-6,9-10H2.